The first kappa shape index (κ1) is 13.7. The normalized spacial score (nSPS) is 10.8. The highest BCUT2D eigenvalue weighted by atomic mass is 32.1. The second-order valence-corrected chi connectivity index (χ2v) is 5.83. The number of aromatic nitrogens is 3. The molecule has 3 heterocycles. The fraction of sp³-hybridized carbons (Fsp3) is 0. The summed E-state index contributed by atoms with van der Waals surface area (Å²) in [6, 6.07) is 15.4. The molecule has 0 bridgehead atoms. The molecule has 0 radical (unpaired) electrons. The van der Waals surface area contributed by atoms with Gasteiger partial charge in [-0.1, -0.05) is 30.3 Å². The molecular formula is C17H12N4OS. The van der Waals surface area contributed by atoms with Crippen LogP contribution in [0.1, 0.15) is 10.5 Å². The first-order chi connectivity index (χ1) is 11.3. The van der Waals surface area contributed by atoms with Gasteiger partial charge in [0.25, 0.3) is 5.91 Å². The van der Waals surface area contributed by atoms with Gasteiger partial charge in [-0.3, -0.25) is 4.79 Å². The lowest BCUT2D eigenvalue weighted by atomic mass is 10.2. The molecule has 0 saturated carbocycles. The van der Waals surface area contributed by atoms with Crippen LogP contribution in [-0.4, -0.2) is 20.5 Å². The number of benzene rings is 1. The van der Waals surface area contributed by atoms with Gasteiger partial charge in [0.2, 0.25) is 0 Å². The predicted octanol–water partition coefficient (Wildman–Crippen LogP) is 3.71. The highest BCUT2D eigenvalue weighted by Gasteiger charge is 2.12. The quantitative estimate of drug-likeness (QED) is 0.626. The summed E-state index contributed by atoms with van der Waals surface area (Å²) in [5.74, 6) is -0.215. The minimum Gasteiger partial charge on any atom is -0.320 e. The molecule has 1 amide bonds. The molecule has 3 aromatic heterocycles. The number of pyridine rings is 1. The van der Waals surface area contributed by atoms with Gasteiger partial charge < -0.3 is 5.32 Å². The second-order valence-electron chi connectivity index (χ2n) is 4.97. The van der Waals surface area contributed by atoms with Gasteiger partial charge in [0, 0.05) is 29.0 Å². The van der Waals surface area contributed by atoms with Crippen LogP contribution in [0.3, 0.4) is 0 Å². The van der Waals surface area contributed by atoms with Crippen molar-refractivity contribution < 1.29 is 4.79 Å². The number of nitrogens with zero attached hydrogens (tertiary/aromatic N) is 3. The average molecular weight is 320 g/mol. The Hall–Kier alpha value is -2.99. The number of hydrogen-bond donors (Lipinski definition) is 1. The molecule has 0 fully saturated rings. The molecule has 5 nitrogen and oxygen atoms in total. The lowest BCUT2D eigenvalue weighted by Crippen LogP contribution is -2.12. The van der Waals surface area contributed by atoms with Gasteiger partial charge in [0.05, 0.1) is 5.52 Å². The highest BCUT2D eigenvalue weighted by molar-refractivity contribution is 7.13. The molecule has 6 heteroatoms. The van der Waals surface area contributed by atoms with Gasteiger partial charge in [0.1, 0.15) is 10.7 Å². The number of rotatable bonds is 3. The molecule has 4 rings (SSSR count). The van der Waals surface area contributed by atoms with Crippen molar-refractivity contribution in [2.24, 2.45) is 0 Å². The van der Waals surface area contributed by atoms with E-state index in [2.05, 4.69) is 15.4 Å². The summed E-state index contributed by atoms with van der Waals surface area (Å²) in [4.78, 5) is 16.8. The molecule has 0 atom stereocenters. The molecule has 0 unspecified atom stereocenters. The van der Waals surface area contributed by atoms with Gasteiger partial charge in [-0.15, -0.1) is 11.3 Å². The topological polar surface area (TPSA) is 59.3 Å². The molecule has 0 aliphatic heterocycles. The minimum absolute atomic E-state index is 0.215. The monoisotopic (exact) mass is 320 g/mol. The third kappa shape index (κ3) is 2.72. The number of anilines is 1. The van der Waals surface area contributed by atoms with Crippen LogP contribution in [0, 0.1) is 0 Å². The summed E-state index contributed by atoms with van der Waals surface area (Å²) in [7, 11) is 0. The van der Waals surface area contributed by atoms with Crippen molar-refractivity contribution in [3.8, 4) is 10.6 Å². The third-order valence-corrected chi connectivity index (χ3v) is 4.31. The Bertz CT molecular complexity index is 974. The number of carbonyl (C=O) groups is 1. The van der Waals surface area contributed by atoms with Crippen molar-refractivity contribution in [1.29, 1.82) is 0 Å². The number of carbonyl (C=O) groups excluding carboxylic acids is 1. The van der Waals surface area contributed by atoms with Crippen LogP contribution in [-0.2, 0) is 0 Å². The van der Waals surface area contributed by atoms with Crippen molar-refractivity contribution in [2.75, 3.05) is 5.32 Å². The Balaban J connectivity index is 1.56. The van der Waals surface area contributed by atoms with E-state index in [-0.39, 0.29) is 5.91 Å². The lowest BCUT2D eigenvalue weighted by molar-refractivity contribution is 0.102. The third-order valence-electron chi connectivity index (χ3n) is 3.42. The standard InChI is InChI=1S/C17H12N4OS/c22-16(19-13-7-9-21-14(10-13)6-8-18-21)15-11-23-17(20-15)12-4-2-1-3-5-12/h1-11H,(H,19,22). The van der Waals surface area contributed by atoms with Crippen LogP contribution in [0.25, 0.3) is 16.1 Å². The maximum absolute atomic E-state index is 12.3. The van der Waals surface area contributed by atoms with Gasteiger partial charge in [-0.05, 0) is 18.2 Å². The zero-order chi connectivity index (χ0) is 15.6. The highest BCUT2D eigenvalue weighted by Crippen LogP contribution is 2.23. The van der Waals surface area contributed by atoms with E-state index in [9.17, 15) is 4.79 Å². The largest absolute Gasteiger partial charge is 0.320 e. The zero-order valence-electron chi connectivity index (χ0n) is 12.0. The average Bonchev–Trinajstić information content (AvgIpc) is 3.24. The summed E-state index contributed by atoms with van der Waals surface area (Å²) in [6.45, 7) is 0. The van der Waals surface area contributed by atoms with Crippen LogP contribution in [0.15, 0.2) is 66.3 Å². The predicted molar refractivity (Wildman–Crippen MR) is 90.7 cm³/mol. The molecule has 23 heavy (non-hydrogen) atoms. The molecule has 112 valence electrons. The maximum Gasteiger partial charge on any atom is 0.275 e. The van der Waals surface area contributed by atoms with E-state index < -0.39 is 0 Å². The number of fused-ring (bicyclic) bond motifs is 1. The van der Waals surface area contributed by atoms with Crippen molar-refractivity contribution >= 4 is 28.4 Å². The van der Waals surface area contributed by atoms with E-state index in [4.69, 9.17) is 0 Å². The van der Waals surface area contributed by atoms with Crippen molar-refractivity contribution in [1.82, 2.24) is 14.6 Å². The Morgan fingerprint density at radius 2 is 2.00 bits per heavy atom. The van der Waals surface area contributed by atoms with Crippen molar-refractivity contribution in [2.45, 2.75) is 0 Å². The molecule has 1 N–H and O–H groups in total. The minimum atomic E-state index is -0.215. The van der Waals surface area contributed by atoms with Gasteiger partial charge in [0.15, 0.2) is 0 Å². The molecule has 4 aromatic rings. The molecule has 0 aliphatic carbocycles. The maximum atomic E-state index is 12.3. The molecule has 0 spiro atoms. The van der Waals surface area contributed by atoms with Gasteiger partial charge >= 0.3 is 0 Å². The molecular weight excluding hydrogens is 308 g/mol. The smallest absolute Gasteiger partial charge is 0.275 e. The van der Waals surface area contributed by atoms with Crippen LogP contribution in [0.5, 0.6) is 0 Å². The van der Waals surface area contributed by atoms with E-state index in [0.29, 0.717) is 5.69 Å². The summed E-state index contributed by atoms with van der Waals surface area (Å²) in [6.07, 6.45) is 3.52. The van der Waals surface area contributed by atoms with E-state index in [1.165, 1.54) is 11.3 Å². The van der Waals surface area contributed by atoms with E-state index >= 15 is 0 Å². The van der Waals surface area contributed by atoms with Crippen LogP contribution >= 0.6 is 11.3 Å². The van der Waals surface area contributed by atoms with Crippen molar-refractivity contribution in [3.05, 3.63) is 72.0 Å². The van der Waals surface area contributed by atoms with Crippen molar-refractivity contribution in [3.63, 3.8) is 0 Å². The summed E-state index contributed by atoms with van der Waals surface area (Å²) >= 11 is 1.46. The lowest BCUT2D eigenvalue weighted by Gasteiger charge is -2.03. The Kier molecular flexibility index (Phi) is 3.36. The molecule has 1 aromatic carbocycles. The summed E-state index contributed by atoms with van der Waals surface area (Å²) in [5.41, 5.74) is 3.07. The Morgan fingerprint density at radius 1 is 1.13 bits per heavy atom. The summed E-state index contributed by atoms with van der Waals surface area (Å²) in [5, 5.41) is 9.60. The van der Waals surface area contributed by atoms with E-state index in [0.717, 1.165) is 21.8 Å². The summed E-state index contributed by atoms with van der Waals surface area (Å²) < 4.78 is 1.74. The first-order valence-corrected chi connectivity index (χ1v) is 7.93. The first-order valence-electron chi connectivity index (χ1n) is 7.05. The van der Waals surface area contributed by atoms with Gasteiger partial charge in [-0.2, -0.15) is 5.10 Å². The fourth-order valence-corrected chi connectivity index (χ4v) is 3.09. The van der Waals surface area contributed by atoms with Crippen LogP contribution in [0.2, 0.25) is 0 Å². The number of hydrogen-bond acceptors (Lipinski definition) is 4. The zero-order valence-corrected chi connectivity index (χ0v) is 12.8. The van der Waals surface area contributed by atoms with Crippen LogP contribution in [0.4, 0.5) is 5.69 Å². The fourth-order valence-electron chi connectivity index (χ4n) is 2.29. The van der Waals surface area contributed by atoms with Gasteiger partial charge in [-0.25, -0.2) is 9.50 Å². The SMILES string of the molecule is O=C(Nc1ccn2nccc2c1)c1csc(-c2ccccc2)n1. The Morgan fingerprint density at radius 3 is 2.87 bits per heavy atom. The Labute approximate surface area is 136 Å². The molecule has 0 aliphatic rings. The number of thiazole rings is 1. The van der Waals surface area contributed by atoms with Crippen LogP contribution < -0.4 is 5.32 Å². The second kappa shape index (κ2) is 5.66. The van der Waals surface area contributed by atoms with E-state index in [1.54, 1.807) is 22.3 Å². The molecule has 0 saturated heterocycles. The van der Waals surface area contributed by atoms with E-state index in [1.807, 2.05) is 48.5 Å². The number of amides is 1. The number of nitrogens with one attached hydrogen (secondary N) is 1.